The van der Waals surface area contributed by atoms with Crippen molar-refractivity contribution in [3.8, 4) is 0 Å². The van der Waals surface area contributed by atoms with Gasteiger partial charge in [0.15, 0.2) is 0 Å². The highest BCUT2D eigenvalue weighted by molar-refractivity contribution is 5.52. The van der Waals surface area contributed by atoms with Crippen LogP contribution in [0.1, 0.15) is 5.56 Å². The molecule has 7 heteroatoms. The number of rotatable bonds is 6. The lowest BCUT2D eigenvalue weighted by molar-refractivity contribution is -0.388. The van der Waals surface area contributed by atoms with E-state index in [1.807, 2.05) is 30.3 Å². The number of aromatic nitrogens is 2. The van der Waals surface area contributed by atoms with Crippen molar-refractivity contribution in [3.63, 3.8) is 0 Å². The van der Waals surface area contributed by atoms with Crippen molar-refractivity contribution < 1.29 is 10.0 Å². The van der Waals surface area contributed by atoms with E-state index in [0.29, 0.717) is 12.2 Å². The summed E-state index contributed by atoms with van der Waals surface area (Å²) >= 11 is 0. The molecule has 2 N–H and O–H groups in total. The molecular weight excluding hydrogens is 260 g/mol. The molecule has 0 spiro atoms. The fourth-order valence-corrected chi connectivity index (χ4v) is 1.97. The van der Waals surface area contributed by atoms with Crippen LogP contribution in [0.2, 0.25) is 0 Å². The predicted molar refractivity (Wildman–Crippen MR) is 74.5 cm³/mol. The molecule has 106 valence electrons. The zero-order valence-electron chi connectivity index (χ0n) is 11.1. The van der Waals surface area contributed by atoms with Crippen LogP contribution in [0.3, 0.4) is 0 Å². The van der Waals surface area contributed by atoms with E-state index >= 15 is 0 Å². The van der Waals surface area contributed by atoms with E-state index in [1.165, 1.54) is 10.9 Å². The van der Waals surface area contributed by atoms with Gasteiger partial charge in [-0.1, -0.05) is 30.3 Å². The standard InChI is InChI=1S/C13H16N4O3/c1-16-9-14-12(17(19)20)13(16)15-11(8-18)7-10-5-3-2-4-6-10/h2-6,9,11,15,18H,7-8H2,1H3/t11-/m0/s1. The number of nitrogens with zero attached hydrogens (tertiary/aromatic N) is 3. The maximum Gasteiger partial charge on any atom is 0.406 e. The number of imidazole rings is 1. The molecule has 2 rings (SSSR count). The fourth-order valence-electron chi connectivity index (χ4n) is 1.97. The first-order valence-corrected chi connectivity index (χ1v) is 6.19. The molecule has 2 aromatic rings. The summed E-state index contributed by atoms with van der Waals surface area (Å²) in [6.45, 7) is -0.128. The summed E-state index contributed by atoms with van der Waals surface area (Å²) in [5.41, 5.74) is 1.05. The zero-order valence-corrected chi connectivity index (χ0v) is 11.1. The Hall–Kier alpha value is -2.41. The van der Waals surface area contributed by atoms with Gasteiger partial charge >= 0.3 is 5.82 Å². The van der Waals surface area contributed by atoms with Crippen LogP contribution < -0.4 is 5.32 Å². The monoisotopic (exact) mass is 276 g/mol. The number of nitrogens with one attached hydrogen (secondary N) is 1. The molecule has 1 aromatic carbocycles. The molecule has 0 amide bonds. The van der Waals surface area contributed by atoms with Crippen LogP contribution in [0.4, 0.5) is 11.6 Å². The number of nitro groups is 1. The smallest absolute Gasteiger partial charge is 0.394 e. The lowest BCUT2D eigenvalue weighted by Gasteiger charge is -2.17. The van der Waals surface area contributed by atoms with E-state index < -0.39 is 4.92 Å². The normalized spacial score (nSPS) is 12.1. The van der Waals surface area contributed by atoms with Gasteiger partial charge in [-0.2, -0.15) is 0 Å². The first-order valence-electron chi connectivity index (χ1n) is 6.19. The van der Waals surface area contributed by atoms with Crippen LogP contribution in [-0.4, -0.2) is 32.2 Å². The Morgan fingerprint density at radius 3 is 2.75 bits per heavy atom. The molecule has 0 unspecified atom stereocenters. The number of hydrogen-bond donors (Lipinski definition) is 2. The molecule has 20 heavy (non-hydrogen) atoms. The predicted octanol–water partition coefficient (Wildman–Crippen LogP) is 1.34. The molecule has 0 aliphatic heterocycles. The molecule has 0 bridgehead atoms. The van der Waals surface area contributed by atoms with Crippen LogP contribution in [0.25, 0.3) is 0 Å². The van der Waals surface area contributed by atoms with Gasteiger partial charge < -0.3 is 20.5 Å². The number of anilines is 1. The number of aliphatic hydroxyl groups is 1. The maximum atomic E-state index is 10.9. The van der Waals surface area contributed by atoms with E-state index in [-0.39, 0.29) is 18.5 Å². The van der Waals surface area contributed by atoms with Crippen molar-refractivity contribution in [1.29, 1.82) is 0 Å². The highest BCUT2D eigenvalue weighted by Gasteiger charge is 2.22. The van der Waals surface area contributed by atoms with E-state index in [4.69, 9.17) is 0 Å². The average molecular weight is 276 g/mol. The highest BCUT2D eigenvalue weighted by atomic mass is 16.6. The van der Waals surface area contributed by atoms with Gasteiger partial charge in [0.2, 0.25) is 12.1 Å². The van der Waals surface area contributed by atoms with Crippen molar-refractivity contribution in [2.75, 3.05) is 11.9 Å². The molecule has 0 saturated carbocycles. The topological polar surface area (TPSA) is 93.2 Å². The summed E-state index contributed by atoms with van der Waals surface area (Å²) in [7, 11) is 1.67. The Labute approximate surface area is 116 Å². The van der Waals surface area contributed by atoms with E-state index in [2.05, 4.69) is 10.3 Å². The second kappa shape index (κ2) is 6.16. The second-order valence-electron chi connectivity index (χ2n) is 4.50. The lowest BCUT2D eigenvalue weighted by atomic mass is 10.1. The quantitative estimate of drug-likeness (QED) is 0.613. The van der Waals surface area contributed by atoms with Crippen LogP contribution in [0.15, 0.2) is 36.7 Å². The summed E-state index contributed by atoms with van der Waals surface area (Å²) in [4.78, 5) is 14.1. The molecular formula is C13H16N4O3. The number of aryl methyl sites for hydroxylation is 1. The molecule has 0 saturated heterocycles. The van der Waals surface area contributed by atoms with E-state index in [1.54, 1.807) is 7.05 Å². The summed E-state index contributed by atoms with van der Waals surface area (Å²) < 4.78 is 1.53. The third-order valence-corrected chi connectivity index (χ3v) is 2.98. The largest absolute Gasteiger partial charge is 0.406 e. The molecule has 1 atom stereocenters. The number of hydrogen-bond acceptors (Lipinski definition) is 5. The van der Waals surface area contributed by atoms with E-state index in [9.17, 15) is 15.2 Å². The van der Waals surface area contributed by atoms with Crippen molar-refractivity contribution in [1.82, 2.24) is 9.55 Å². The molecule has 0 fully saturated rings. The minimum absolute atomic E-state index is 0.128. The van der Waals surface area contributed by atoms with Crippen molar-refractivity contribution in [2.45, 2.75) is 12.5 Å². The zero-order chi connectivity index (χ0) is 14.5. The third kappa shape index (κ3) is 3.12. The SMILES string of the molecule is Cn1cnc([N+](=O)[O-])c1N[C@H](CO)Cc1ccccc1. The van der Waals surface area contributed by atoms with Gasteiger partial charge in [-0.05, 0) is 21.9 Å². The van der Waals surface area contributed by atoms with Crippen molar-refractivity contribution >= 4 is 11.6 Å². The first-order chi connectivity index (χ1) is 9.61. The summed E-state index contributed by atoms with van der Waals surface area (Å²) in [5, 5.41) is 23.3. The van der Waals surface area contributed by atoms with Gasteiger partial charge in [0.1, 0.15) is 0 Å². The minimum Gasteiger partial charge on any atom is -0.394 e. The Morgan fingerprint density at radius 1 is 1.45 bits per heavy atom. The summed E-state index contributed by atoms with van der Waals surface area (Å²) in [6, 6.07) is 9.32. The van der Waals surface area contributed by atoms with Crippen LogP contribution in [0, 0.1) is 10.1 Å². The van der Waals surface area contributed by atoms with Gasteiger partial charge in [0.25, 0.3) is 0 Å². The average Bonchev–Trinajstić information content (AvgIpc) is 2.81. The molecule has 1 aromatic heterocycles. The highest BCUT2D eigenvalue weighted by Crippen LogP contribution is 2.22. The van der Waals surface area contributed by atoms with Crippen LogP contribution in [0.5, 0.6) is 0 Å². The van der Waals surface area contributed by atoms with Gasteiger partial charge in [-0.25, -0.2) is 0 Å². The Kier molecular flexibility index (Phi) is 4.31. The minimum atomic E-state index is -0.542. The van der Waals surface area contributed by atoms with Crippen LogP contribution in [-0.2, 0) is 13.5 Å². The lowest BCUT2D eigenvalue weighted by Crippen LogP contribution is -2.27. The summed E-state index contributed by atoms with van der Waals surface area (Å²) in [5.74, 6) is 0.0593. The fraction of sp³-hybridized carbons (Fsp3) is 0.308. The molecule has 0 aliphatic carbocycles. The Morgan fingerprint density at radius 2 is 2.15 bits per heavy atom. The Balaban J connectivity index is 2.14. The first kappa shape index (κ1) is 14.0. The number of benzene rings is 1. The molecule has 0 aliphatic rings. The van der Waals surface area contributed by atoms with Gasteiger partial charge in [0.05, 0.1) is 12.6 Å². The summed E-state index contributed by atoms with van der Waals surface area (Å²) in [6.07, 6.45) is 1.94. The van der Waals surface area contributed by atoms with E-state index in [0.717, 1.165) is 5.56 Å². The van der Waals surface area contributed by atoms with Gasteiger partial charge in [0, 0.05) is 7.05 Å². The second-order valence-corrected chi connectivity index (χ2v) is 4.50. The molecule has 7 nitrogen and oxygen atoms in total. The molecule has 1 heterocycles. The molecule has 0 radical (unpaired) electrons. The van der Waals surface area contributed by atoms with Crippen molar-refractivity contribution in [2.24, 2.45) is 7.05 Å². The third-order valence-electron chi connectivity index (χ3n) is 2.98. The van der Waals surface area contributed by atoms with Gasteiger partial charge in [-0.15, -0.1) is 0 Å². The number of aliphatic hydroxyl groups excluding tert-OH is 1. The van der Waals surface area contributed by atoms with Crippen LogP contribution >= 0.6 is 0 Å². The maximum absolute atomic E-state index is 10.9. The van der Waals surface area contributed by atoms with Gasteiger partial charge in [-0.3, -0.25) is 4.57 Å². The Bertz CT molecular complexity index is 583. The van der Waals surface area contributed by atoms with Crippen molar-refractivity contribution in [3.05, 3.63) is 52.3 Å².